The van der Waals surface area contributed by atoms with Crippen LogP contribution in [0, 0.1) is 5.92 Å². The van der Waals surface area contributed by atoms with Crippen molar-refractivity contribution in [2.75, 3.05) is 19.6 Å². The maximum atomic E-state index is 12.6. The number of rotatable bonds is 5. The smallest absolute Gasteiger partial charge is 0.254 e. The van der Waals surface area contributed by atoms with Crippen molar-refractivity contribution < 1.29 is 9.21 Å². The number of piperidine rings is 1. The average Bonchev–Trinajstić information content (AvgIpc) is 3.39. The Hall–Kier alpha value is -2.85. The minimum Gasteiger partial charge on any atom is -0.464 e. The summed E-state index contributed by atoms with van der Waals surface area (Å²) >= 11 is 0. The summed E-state index contributed by atoms with van der Waals surface area (Å²) in [6, 6.07) is 20.5. The number of likely N-dealkylation sites (tertiary alicyclic amines) is 1. The SMILES string of the molecule is O=C1c2ccccc2CN1CC1CCN(Cc2ccccc2-c2ccco2)CC1. The largest absolute Gasteiger partial charge is 0.464 e. The molecule has 0 bridgehead atoms. The minimum atomic E-state index is 0.204. The zero-order chi connectivity index (χ0) is 19.6. The van der Waals surface area contributed by atoms with Crippen LogP contribution in [0.25, 0.3) is 11.3 Å². The molecular formula is C25H26N2O2. The zero-order valence-corrected chi connectivity index (χ0v) is 16.6. The average molecular weight is 386 g/mol. The molecule has 0 atom stereocenters. The number of carbonyl (C=O) groups is 1. The van der Waals surface area contributed by atoms with Crippen molar-refractivity contribution in [3.05, 3.63) is 83.6 Å². The fourth-order valence-corrected chi connectivity index (χ4v) is 4.67. The van der Waals surface area contributed by atoms with Gasteiger partial charge >= 0.3 is 0 Å². The van der Waals surface area contributed by atoms with E-state index in [2.05, 4.69) is 35.2 Å². The van der Waals surface area contributed by atoms with E-state index >= 15 is 0 Å². The van der Waals surface area contributed by atoms with Gasteiger partial charge in [0, 0.05) is 30.8 Å². The van der Waals surface area contributed by atoms with E-state index in [1.165, 1.54) is 16.7 Å². The molecule has 3 aromatic rings. The molecule has 1 fully saturated rings. The van der Waals surface area contributed by atoms with Gasteiger partial charge in [-0.15, -0.1) is 0 Å². The van der Waals surface area contributed by atoms with E-state index in [-0.39, 0.29) is 5.91 Å². The molecule has 0 N–H and O–H groups in total. The molecule has 4 heteroatoms. The van der Waals surface area contributed by atoms with Gasteiger partial charge in [-0.05, 0) is 61.2 Å². The molecule has 1 aromatic heterocycles. The van der Waals surface area contributed by atoms with Crippen molar-refractivity contribution >= 4 is 5.91 Å². The van der Waals surface area contributed by atoms with Gasteiger partial charge in [0.25, 0.3) is 5.91 Å². The van der Waals surface area contributed by atoms with Gasteiger partial charge in [-0.25, -0.2) is 0 Å². The summed E-state index contributed by atoms with van der Waals surface area (Å²) in [5.41, 5.74) is 4.55. The van der Waals surface area contributed by atoms with E-state index in [9.17, 15) is 4.79 Å². The van der Waals surface area contributed by atoms with Crippen molar-refractivity contribution in [2.24, 2.45) is 5.92 Å². The van der Waals surface area contributed by atoms with Crippen molar-refractivity contribution in [1.29, 1.82) is 0 Å². The third-order valence-electron chi connectivity index (χ3n) is 6.28. The minimum absolute atomic E-state index is 0.204. The van der Waals surface area contributed by atoms with Crippen molar-refractivity contribution in [3.63, 3.8) is 0 Å². The van der Waals surface area contributed by atoms with Crippen LogP contribution in [0.4, 0.5) is 0 Å². The Morgan fingerprint density at radius 3 is 2.41 bits per heavy atom. The molecule has 4 nitrogen and oxygen atoms in total. The third-order valence-corrected chi connectivity index (χ3v) is 6.28. The van der Waals surface area contributed by atoms with Crippen LogP contribution in [0.2, 0.25) is 0 Å². The Morgan fingerprint density at radius 1 is 0.897 bits per heavy atom. The first-order valence-electron chi connectivity index (χ1n) is 10.5. The Kier molecular flexibility index (Phi) is 4.94. The number of benzene rings is 2. The molecule has 5 rings (SSSR count). The van der Waals surface area contributed by atoms with Gasteiger partial charge in [0.2, 0.25) is 0 Å². The van der Waals surface area contributed by atoms with Gasteiger partial charge < -0.3 is 9.32 Å². The second-order valence-corrected chi connectivity index (χ2v) is 8.20. The Balaban J connectivity index is 1.18. The van der Waals surface area contributed by atoms with Crippen LogP contribution in [0.15, 0.2) is 71.3 Å². The summed E-state index contributed by atoms with van der Waals surface area (Å²) < 4.78 is 5.62. The highest BCUT2D eigenvalue weighted by Crippen LogP contribution is 2.29. The number of carbonyl (C=O) groups excluding carboxylic acids is 1. The highest BCUT2D eigenvalue weighted by Gasteiger charge is 2.30. The van der Waals surface area contributed by atoms with E-state index in [0.29, 0.717) is 5.92 Å². The van der Waals surface area contributed by atoms with Gasteiger partial charge in [-0.2, -0.15) is 0 Å². The van der Waals surface area contributed by atoms with E-state index in [4.69, 9.17) is 4.42 Å². The summed E-state index contributed by atoms with van der Waals surface area (Å²) in [5, 5.41) is 0. The monoisotopic (exact) mass is 386 g/mol. The molecule has 0 aliphatic carbocycles. The third kappa shape index (κ3) is 3.73. The van der Waals surface area contributed by atoms with Crippen LogP contribution in [0.3, 0.4) is 0 Å². The molecule has 2 aliphatic rings. The number of furan rings is 1. The molecule has 1 amide bonds. The summed E-state index contributed by atoms with van der Waals surface area (Å²) in [4.78, 5) is 17.2. The van der Waals surface area contributed by atoms with E-state index in [1.807, 2.05) is 35.2 Å². The van der Waals surface area contributed by atoms with E-state index in [1.54, 1.807) is 6.26 Å². The fourth-order valence-electron chi connectivity index (χ4n) is 4.67. The van der Waals surface area contributed by atoms with Gasteiger partial charge in [0.1, 0.15) is 5.76 Å². The summed E-state index contributed by atoms with van der Waals surface area (Å²) in [5.74, 6) is 1.72. The normalized spacial score (nSPS) is 17.7. The van der Waals surface area contributed by atoms with Crippen LogP contribution >= 0.6 is 0 Å². The van der Waals surface area contributed by atoms with Crippen molar-refractivity contribution in [1.82, 2.24) is 9.80 Å². The maximum Gasteiger partial charge on any atom is 0.254 e. The summed E-state index contributed by atoms with van der Waals surface area (Å²) in [7, 11) is 0. The molecule has 29 heavy (non-hydrogen) atoms. The first-order chi connectivity index (χ1) is 14.3. The predicted octanol–water partition coefficient (Wildman–Crippen LogP) is 4.81. The molecular weight excluding hydrogens is 360 g/mol. The lowest BCUT2D eigenvalue weighted by atomic mass is 9.95. The molecule has 0 spiro atoms. The Bertz CT molecular complexity index is 988. The Labute approximate surface area is 171 Å². The highest BCUT2D eigenvalue weighted by atomic mass is 16.3. The Morgan fingerprint density at radius 2 is 1.66 bits per heavy atom. The van der Waals surface area contributed by atoms with Crippen LogP contribution in [-0.2, 0) is 13.1 Å². The lowest BCUT2D eigenvalue weighted by Crippen LogP contribution is -2.38. The van der Waals surface area contributed by atoms with Gasteiger partial charge in [-0.3, -0.25) is 9.69 Å². The first kappa shape index (κ1) is 18.2. The molecule has 3 heterocycles. The highest BCUT2D eigenvalue weighted by molar-refractivity contribution is 5.98. The van der Waals surface area contributed by atoms with E-state index in [0.717, 1.165) is 56.9 Å². The van der Waals surface area contributed by atoms with Gasteiger partial charge in [0.15, 0.2) is 0 Å². The quantitative estimate of drug-likeness (QED) is 0.631. The predicted molar refractivity (Wildman–Crippen MR) is 113 cm³/mol. The summed E-state index contributed by atoms with van der Waals surface area (Å²) in [6.45, 7) is 4.74. The molecule has 0 saturated carbocycles. The number of amides is 1. The topological polar surface area (TPSA) is 36.7 Å². The number of fused-ring (bicyclic) bond motifs is 1. The number of nitrogens with zero attached hydrogens (tertiary/aromatic N) is 2. The fraction of sp³-hybridized carbons (Fsp3) is 0.320. The standard InChI is InChI=1S/C25H26N2O2/c28-25-23-9-4-2-7-21(23)18-27(25)16-19-11-13-26(14-12-19)17-20-6-1-3-8-22(20)24-10-5-15-29-24/h1-10,15,19H,11-14,16-18H2. The van der Waals surface area contributed by atoms with Crippen LogP contribution in [0.1, 0.15) is 34.3 Å². The molecule has 148 valence electrons. The number of hydrogen-bond acceptors (Lipinski definition) is 3. The molecule has 0 radical (unpaired) electrons. The number of hydrogen-bond donors (Lipinski definition) is 0. The van der Waals surface area contributed by atoms with Gasteiger partial charge in [0.05, 0.1) is 6.26 Å². The molecule has 2 aromatic carbocycles. The lowest BCUT2D eigenvalue weighted by Gasteiger charge is -2.34. The summed E-state index contributed by atoms with van der Waals surface area (Å²) in [6.07, 6.45) is 4.02. The van der Waals surface area contributed by atoms with E-state index < -0.39 is 0 Å². The maximum absolute atomic E-state index is 12.6. The lowest BCUT2D eigenvalue weighted by molar-refractivity contribution is 0.0711. The van der Waals surface area contributed by atoms with Crippen LogP contribution in [-0.4, -0.2) is 35.3 Å². The second-order valence-electron chi connectivity index (χ2n) is 8.20. The van der Waals surface area contributed by atoms with Crippen LogP contribution < -0.4 is 0 Å². The zero-order valence-electron chi connectivity index (χ0n) is 16.6. The second kappa shape index (κ2) is 7.88. The molecule has 0 unspecified atom stereocenters. The molecule has 2 aliphatic heterocycles. The van der Waals surface area contributed by atoms with Crippen molar-refractivity contribution in [2.45, 2.75) is 25.9 Å². The van der Waals surface area contributed by atoms with Crippen LogP contribution in [0.5, 0.6) is 0 Å². The first-order valence-corrected chi connectivity index (χ1v) is 10.5. The van der Waals surface area contributed by atoms with Crippen molar-refractivity contribution in [3.8, 4) is 11.3 Å². The van der Waals surface area contributed by atoms with Gasteiger partial charge in [-0.1, -0.05) is 42.5 Å². The molecule has 1 saturated heterocycles.